The van der Waals surface area contributed by atoms with Crippen molar-refractivity contribution in [1.82, 2.24) is 4.98 Å². The Labute approximate surface area is 109 Å². The Bertz CT molecular complexity index is 614. The van der Waals surface area contributed by atoms with Crippen molar-refractivity contribution in [2.24, 2.45) is 0 Å². The van der Waals surface area contributed by atoms with Crippen molar-refractivity contribution in [3.05, 3.63) is 59.0 Å². The van der Waals surface area contributed by atoms with Crippen LogP contribution in [-0.2, 0) is 6.54 Å². The van der Waals surface area contributed by atoms with Gasteiger partial charge in [0, 0.05) is 12.7 Å². The minimum atomic E-state index is -1.31. The Kier molecular flexibility index (Phi) is 3.75. The molecule has 0 spiro atoms. The SMILES string of the molecule is Cc1ccccc1CNc1nccc(C(=O)O)c1F. The molecule has 19 heavy (non-hydrogen) atoms. The van der Waals surface area contributed by atoms with Gasteiger partial charge < -0.3 is 10.4 Å². The standard InChI is InChI=1S/C14H13FN2O2/c1-9-4-2-3-5-10(9)8-17-13-12(15)11(14(18)19)6-7-16-13/h2-7H,8H2,1H3,(H,16,17)(H,18,19). The molecule has 0 fully saturated rings. The van der Waals surface area contributed by atoms with Gasteiger partial charge in [0.2, 0.25) is 0 Å². The third-order valence-corrected chi connectivity index (χ3v) is 2.83. The maximum atomic E-state index is 13.8. The molecule has 0 radical (unpaired) electrons. The van der Waals surface area contributed by atoms with Crippen molar-refractivity contribution in [1.29, 1.82) is 0 Å². The molecule has 1 aromatic heterocycles. The molecule has 0 unspecified atom stereocenters. The second-order valence-corrected chi connectivity index (χ2v) is 4.11. The van der Waals surface area contributed by atoms with Crippen LogP contribution in [0.3, 0.4) is 0 Å². The molecule has 0 aliphatic rings. The van der Waals surface area contributed by atoms with E-state index in [1.165, 1.54) is 6.20 Å². The van der Waals surface area contributed by atoms with Crippen LogP contribution in [0.1, 0.15) is 21.5 Å². The van der Waals surface area contributed by atoms with E-state index in [9.17, 15) is 9.18 Å². The highest BCUT2D eigenvalue weighted by molar-refractivity contribution is 5.88. The largest absolute Gasteiger partial charge is 0.478 e. The Morgan fingerprint density at radius 1 is 1.37 bits per heavy atom. The van der Waals surface area contributed by atoms with E-state index in [0.717, 1.165) is 17.2 Å². The summed E-state index contributed by atoms with van der Waals surface area (Å²) in [4.78, 5) is 14.6. The second kappa shape index (κ2) is 5.48. The van der Waals surface area contributed by atoms with Crippen LogP contribution in [0.5, 0.6) is 0 Å². The number of anilines is 1. The number of aromatic carboxylic acids is 1. The summed E-state index contributed by atoms with van der Waals surface area (Å²) in [7, 11) is 0. The average Bonchev–Trinajstić information content (AvgIpc) is 2.39. The third-order valence-electron chi connectivity index (χ3n) is 2.83. The zero-order valence-corrected chi connectivity index (χ0v) is 10.4. The quantitative estimate of drug-likeness (QED) is 0.887. The molecule has 0 saturated heterocycles. The minimum absolute atomic E-state index is 0.0526. The first kappa shape index (κ1) is 13.0. The molecule has 4 nitrogen and oxygen atoms in total. The van der Waals surface area contributed by atoms with Gasteiger partial charge in [0.05, 0.1) is 0 Å². The van der Waals surface area contributed by atoms with Crippen LogP contribution >= 0.6 is 0 Å². The van der Waals surface area contributed by atoms with Gasteiger partial charge in [0.25, 0.3) is 0 Å². The van der Waals surface area contributed by atoms with Gasteiger partial charge in [-0.1, -0.05) is 24.3 Å². The summed E-state index contributed by atoms with van der Waals surface area (Å²) >= 11 is 0. The number of hydrogen-bond acceptors (Lipinski definition) is 3. The lowest BCUT2D eigenvalue weighted by molar-refractivity contribution is 0.0692. The van der Waals surface area contributed by atoms with E-state index in [0.29, 0.717) is 6.54 Å². The molecule has 0 bridgehead atoms. The molecule has 98 valence electrons. The van der Waals surface area contributed by atoms with Gasteiger partial charge in [-0.05, 0) is 24.1 Å². The number of nitrogens with one attached hydrogen (secondary N) is 1. The first-order chi connectivity index (χ1) is 9.09. The van der Waals surface area contributed by atoms with E-state index in [1.54, 1.807) is 0 Å². The number of benzene rings is 1. The number of aryl methyl sites for hydroxylation is 1. The van der Waals surface area contributed by atoms with Gasteiger partial charge in [-0.15, -0.1) is 0 Å². The summed E-state index contributed by atoms with van der Waals surface area (Å²) in [6, 6.07) is 8.82. The highest BCUT2D eigenvalue weighted by Gasteiger charge is 2.14. The van der Waals surface area contributed by atoms with Crippen LogP contribution < -0.4 is 5.32 Å². The number of aromatic nitrogens is 1. The topological polar surface area (TPSA) is 62.2 Å². The van der Waals surface area contributed by atoms with Crippen LogP contribution in [0.2, 0.25) is 0 Å². The number of halogens is 1. The lowest BCUT2D eigenvalue weighted by atomic mass is 10.1. The minimum Gasteiger partial charge on any atom is -0.478 e. The Hall–Kier alpha value is -2.43. The van der Waals surface area contributed by atoms with Gasteiger partial charge in [0.1, 0.15) is 5.56 Å². The monoisotopic (exact) mass is 260 g/mol. The van der Waals surface area contributed by atoms with Crippen molar-refractivity contribution in [3.8, 4) is 0 Å². The molecule has 2 aromatic rings. The van der Waals surface area contributed by atoms with Gasteiger partial charge in [-0.3, -0.25) is 0 Å². The molecule has 0 aliphatic carbocycles. The fraction of sp³-hybridized carbons (Fsp3) is 0.143. The summed E-state index contributed by atoms with van der Waals surface area (Å²) in [6.07, 6.45) is 1.27. The smallest absolute Gasteiger partial charge is 0.338 e. The summed E-state index contributed by atoms with van der Waals surface area (Å²) in [5.41, 5.74) is 1.69. The first-order valence-electron chi connectivity index (χ1n) is 5.75. The van der Waals surface area contributed by atoms with Crippen molar-refractivity contribution >= 4 is 11.8 Å². The Morgan fingerprint density at radius 3 is 2.79 bits per heavy atom. The summed E-state index contributed by atoms with van der Waals surface area (Å²) in [5.74, 6) is -2.20. The van der Waals surface area contributed by atoms with Gasteiger partial charge >= 0.3 is 5.97 Å². The van der Waals surface area contributed by atoms with Crippen molar-refractivity contribution in [3.63, 3.8) is 0 Å². The summed E-state index contributed by atoms with van der Waals surface area (Å²) in [5, 5.41) is 11.6. The third kappa shape index (κ3) is 2.88. The average molecular weight is 260 g/mol. The Balaban J connectivity index is 2.19. The lowest BCUT2D eigenvalue weighted by Crippen LogP contribution is -2.09. The zero-order chi connectivity index (χ0) is 13.8. The number of hydrogen-bond donors (Lipinski definition) is 2. The van der Waals surface area contributed by atoms with E-state index in [-0.39, 0.29) is 11.4 Å². The molecule has 0 aliphatic heterocycles. The summed E-state index contributed by atoms with van der Waals surface area (Å²) < 4.78 is 13.8. The van der Waals surface area contributed by atoms with Crippen molar-refractivity contribution in [2.45, 2.75) is 13.5 Å². The normalized spacial score (nSPS) is 10.2. The molecule has 2 rings (SSSR count). The van der Waals surface area contributed by atoms with E-state index in [1.807, 2.05) is 31.2 Å². The van der Waals surface area contributed by atoms with Crippen LogP contribution in [0.15, 0.2) is 36.5 Å². The molecule has 2 N–H and O–H groups in total. The van der Waals surface area contributed by atoms with E-state index in [4.69, 9.17) is 5.11 Å². The van der Waals surface area contributed by atoms with Crippen LogP contribution in [0.4, 0.5) is 10.2 Å². The van der Waals surface area contributed by atoms with Crippen LogP contribution in [0.25, 0.3) is 0 Å². The molecular weight excluding hydrogens is 247 g/mol. The fourth-order valence-electron chi connectivity index (χ4n) is 1.72. The Morgan fingerprint density at radius 2 is 2.11 bits per heavy atom. The van der Waals surface area contributed by atoms with E-state index in [2.05, 4.69) is 10.3 Å². The molecule has 0 amide bonds. The van der Waals surface area contributed by atoms with Crippen molar-refractivity contribution < 1.29 is 14.3 Å². The number of carbonyl (C=O) groups is 1. The highest BCUT2D eigenvalue weighted by atomic mass is 19.1. The number of carboxylic acid groups (broad SMARTS) is 1. The molecule has 5 heteroatoms. The first-order valence-corrected chi connectivity index (χ1v) is 5.75. The van der Waals surface area contributed by atoms with Gasteiger partial charge in [-0.25, -0.2) is 14.2 Å². The number of carboxylic acids is 1. The highest BCUT2D eigenvalue weighted by Crippen LogP contribution is 2.16. The molecular formula is C14H13FN2O2. The lowest BCUT2D eigenvalue weighted by Gasteiger charge is -2.09. The number of nitrogens with zero attached hydrogens (tertiary/aromatic N) is 1. The summed E-state index contributed by atoms with van der Waals surface area (Å²) in [6.45, 7) is 2.34. The maximum absolute atomic E-state index is 13.8. The molecule has 0 saturated carbocycles. The molecule has 0 atom stereocenters. The fourth-order valence-corrected chi connectivity index (χ4v) is 1.72. The maximum Gasteiger partial charge on any atom is 0.338 e. The van der Waals surface area contributed by atoms with Crippen LogP contribution in [-0.4, -0.2) is 16.1 Å². The van der Waals surface area contributed by atoms with E-state index < -0.39 is 11.8 Å². The zero-order valence-electron chi connectivity index (χ0n) is 10.4. The molecule has 1 aromatic carbocycles. The van der Waals surface area contributed by atoms with Crippen molar-refractivity contribution in [2.75, 3.05) is 5.32 Å². The van der Waals surface area contributed by atoms with E-state index >= 15 is 0 Å². The van der Waals surface area contributed by atoms with Gasteiger partial charge in [-0.2, -0.15) is 0 Å². The van der Waals surface area contributed by atoms with Gasteiger partial charge in [0.15, 0.2) is 11.6 Å². The number of rotatable bonds is 4. The number of pyridine rings is 1. The van der Waals surface area contributed by atoms with Crippen LogP contribution in [0, 0.1) is 12.7 Å². The second-order valence-electron chi connectivity index (χ2n) is 4.11. The molecule has 1 heterocycles. The predicted molar refractivity (Wildman–Crippen MR) is 69.7 cm³/mol. The predicted octanol–water partition coefficient (Wildman–Crippen LogP) is 2.84.